The second kappa shape index (κ2) is 7.10. The largest absolute Gasteiger partial charge is 0.459 e. The summed E-state index contributed by atoms with van der Waals surface area (Å²) in [6.45, 7) is 1.99. The number of epoxide rings is 2. The van der Waals surface area contributed by atoms with Crippen molar-refractivity contribution >= 4 is 5.97 Å². The highest BCUT2D eigenvalue weighted by Crippen LogP contribution is 2.35. The molecule has 0 aromatic rings. The minimum absolute atomic E-state index is 0.0315. The number of rotatable bonds is 3. The van der Waals surface area contributed by atoms with Crippen LogP contribution in [-0.4, -0.2) is 36.5 Å². The van der Waals surface area contributed by atoms with Gasteiger partial charge in [0.2, 0.25) is 0 Å². The predicted octanol–water partition coefficient (Wildman–Crippen LogP) is 3.37. The van der Waals surface area contributed by atoms with Gasteiger partial charge in [0, 0.05) is 0 Å². The third kappa shape index (κ3) is 4.68. The fourth-order valence-electron chi connectivity index (χ4n) is 3.41. The first-order chi connectivity index (χ1) is 10.2. The van der Waals surface area contributed by atoms with E-state index in [4.69, 9.17) is 14.2 Å². The van der Waals surface area contributed by atoms with Crippen LogP contribution < -0.4 is 0 Å². The first-order valence-electron chi connectivity index (χ1n) is 8.74. The zero-order valence-electron chi connectivity index (χ0n) is 13.1. The van der Waals surface area contributed by atoms with Crippen LogP contribution in [0.15, 0.2) is 0 Å². The van der Waals surface area contributed by atoms with Gasteiger partial charge in [0.15, 0.2) is 0 Å². The Labute approximate surface area is 127 Å². The second-order valence-electron chi connectivity index (χ2n) is 6.80. The zero-order valence-corrected chi connectivity index (χ0v) is 13.1. The van der Waals surface area contributed by atoms with Crippen LogP contribution in [0.4, 0.5) is 0 Å². The molecule has 0 bridgehead atoms. The molecule has 0 radical (unpaired) electrons. The average Bonchev–Trinajstić information content (AvgIpc) is 3.33. The van der Waals surface area contributed by atoms with E-state index in [0.29, 0.717) is 12.5 Å². The summed E-state index contributed by atoms with van der Waals surface area (Å²) >= 11 is 0. The van der Waals surface area contributed by atoms with Crippen molar-refractivity contribution in [2.24, 2.45) is 0 Å². The topological polar surface area (TPSA) is 51.4 Å². The minimum Gasteiger partial charge on any atom is -0.459 e. The number of hydrogen-bond acceptors (Lipinski definition) is 4. The molecule has 5 atom stereocenters. The van der Waals surface area contributed by atoms with Gasteiger partial charge in [0.1, 0.15) is 12.2 Å². The fourth-order valence-corrected chi connectivity index (χ4v) is 3.41. The summed E-state index contributed by atoms with van der Waals surface area (Å²) in [6, 6.07) is 0. The maximum atomic E-state index is 12.0. The Hall–Kier alpha value is -0.610. The molecule has 1 saturated carbocycles. The average molecular weight is 296 g/mol. The monoisotopic (exact) mass is 296 g/mol. The van der Waals surface area contributed by atoms with Crippen LogP contribution in [0.3, 0.4) is 0 Å². The molecule has 4 heteroatoms. The van der Waals surface area contributed by atoms with Crippen molar-refractivity contribution in [3.63, 3.8) is 0 Å². The molecule has 1 aliphatic carbocycles. The van der Waals surface area contributed by atoms with Crippen LogP contribution in [-0.2, 0) is 19.0 Å². The Morgan fingerprint density at radius 2 is 1.62 bits per heavy atom. The van der Waals surface area contributed by atoms with Crippen LogP contribution in [0.2, 0.25) is 0 Å². The SMILES string of the molecule is CC1OC1CC(=O)OC1CCCCCCCCCC2OC12. The van der Waals surface area contributed by atoms with Crippen molar-refractivity contribution in [2.45, 2.75) is 102 Å². The number of fused-ring (bicyclic) bond motifs is 1. The maximum Gasteiger partial charge on any atom is 0.308 e. The van der Waals surface area contributed by atoms with Crippen molar-refractivity contribution in [3.05, 3.63) is 0 Å². The Morgan fingerprint density at radius 1 is 1.00 bits per heavy atom. The highest BCUT2D eigenvalue weighted by molar-refractivity contribution is 5.70. The molecule has 21 heavy (non-hydrogen) atoms. The summed E-state index contributed by atoms with van der Waals surface area (Å²) in [4.78, 5) is 12.0. The second-order valence-corrected chi connectivity index (χ2v) is 6.80. The lowest BCUT2D eigenvalue weighted by atomic mass is 9.99. The molecule has 0 aromatic carbocycles. The molecule has 2 saturated heterocycles. The van der Waals surface area contributed by atoms with Gasteiger partial charge in [0.25, 0.3) is 0 Å². The lowest BCUT2D eigenvalue weighted by Gasteiger charge is -2.16. The quantitative estimate of drug-likeness (QED) is 0.592. The van der Waals surface area contributed by atoms with Gasteiger partial charge in [-0.3, -0.25) is 4.79 Å². The van der Waals surface area contributed by atoms with Crippen molar-refractivity contribution in [3.8, 4) is 0 Å². The molecule has 3 fully saturated rings. The molecule has 0 N–H and O–H groups in total. The molecule has 3 aliphatic rings. The van der Waals surface area contributed by atoms with Gasteiger partial charge in [-0.05, 0) is 26.2 Å². The number of ether oxygens (including phenoxy) is 3. The molecule has 120 valence electrons. The summed E-state index contributed by atoms with van der Waals surface area (Å²) < 4.78 is 16.8. The fraction of sp³-hybridized carbons (Fsp3) is 0.941. The van der Waals surface area contributed by atoms with Gasteiger partial charge >= 0.3 is 5.97 Å². The smallest absolute Gasteiger partial charge is 0.308 e. The van der Waals surface area contributed by atoms with Crippen molar-refractivity contribution < 1.29 is 19.0 Å². The molecule has 2 heterocycles. The standard InChI is InChI=1S/C17H28O4/c1-12-15(19-12)11-16(18)20-13-9-7-5-3-2-4-6-8-10-14-17(13)21-14/h12-15,17H,2-11H2,1H3. The first-order valence-corrected chi connectivity index (χ1v) is 8.74. The Kier molecular flexibility index (Phi) is 5.17. The van der Waals surface area contributed by atoms with Crippen molar-refractivity contribution in [1.29, 1.82) is 0 Å². The Bertz CT molecular complexity index is 357. The van der Waals surface area contributed by atoms with Crippen LogP contribution in [0.25, 0.3) is 0 Å². The first kappa shape index (κ1) is 15.3. The van der Waals surface area contributed by atoms with Crippen molar-refractivity contribution in [1.82, 2.24) is 0 Å². The molecule has 4 nitrogen and oxygen atoms in total. The maximum absolute atomic E-state index is 12.0. The van der Waals surface area contributed by atoms with E-state index in [9.17, 15) is 4.79 Å². The summed E-state index contributed by atoms with van der Waals surface area (Å²) in [6.07, 6.45) is 12.2. The van der Waals surface area contributed by atoms with E-state index in [2.05, 4.69) is 0 Å². The Morgan fingerprint density at radius 3 is 2.29 bits per heavy atom. The third-order valence-corrected chi connectivity index (χ3v) is 4.95. The minimum atomic E-state index is -0.115. The van der Waals surface area contributed by atoms with E-state index in [1.165, 1.54) is 38.5 Å². The lowest BCUT2D eigenvalue weighted by Crippen LogP contribution is -2.26. The Balaban J connectivity index is 1.47. The summed E-state index contributed by atoms with van der Waals surface area (Å²) in [5, 5.41) is 0. The molecule has 5 unspecified atom stereocenters. The summed E-state index contributed by atoms with van der Waals surface area (Å²) in [7, 11) is 0. The highest BCUT2D eigenvalue weighted by atomic mass is 16.6. The van der Waals surface area contributed by atoms with Gasteiger partial charge < -0.3 is 14.2 Å². The van der Waals surface area contributed by atoms with Crippen LogP contribution >= 0.6 is 0 Å². The van der Waals surface area contributed by atoms with Gasteiger partial charge in [0.05, 0.1) is 24.7 Å². The van der Waals surface area contributed by atoms with E-state index in [-0.39, 0.29) is 30.4 Å². The number of carbonyl (C=O) groups is 1. The van der Waals surface area contributed by atoms with Crippen LogP contribution in [0.1, 0.15) is 71.1 Å². The lowest BCUT2D eigenvalue weighted by molar-refractivity contribution is -0.150. The van der Waals surface area contributed by atoms with Crippen LogP contribution in [0.5, 0.6) is 0 Å². The number of hydrogen-bond donors (Lipinski definition) is 0. The predicted molar refractivity (Wildman–Crippen MR) is 79.0 cm³/mol. The van der Waals surface area contributed by atoms with E-state index >= 15 is 0 Å². The summed E-state index contributed by atoms with van der Waals surface area (Å²) in [5.41, 5.74) is 0. The van der Waals surface area contributed by atoms with Gasteiger partial charge in [-0.1, -0.05) is 38.5 Å². The van der Waals surface area contributed by atoms with E-state index < -0.39 is 0 Å². The third-order valence-electron chi connectivity index (χ3n) is 4.95. The van der Waals surface area contributed by atoms with Crippen molar-refractivity contribution in [2.75, 3.05) is 0 Å². The van der Waals surface area contributed by atoms with Gasteiger partial charge in [-0.2, -0.15) is 0 Å². The molecule has 3 rings (SSSR count). The molecular weight excluding hydrogens is 268 g/mol. The zero-order chi connectivity index (χ0) is 14.7. The van der Waals surface area contributed by atoms with E-state index in [1.54, 1.807) is 0 Å². The van der Waals surface area contributed by atoms with Gasteiger partial charge in [-0.25, -0.2) is 0 Å². The van der Waals surface area contributed by atoms with Gasteiger partial charge in [-0.15, -0.1) is 0 Å². The molecule has 0 spiro atoms. The molecular formula is C17H28O4. The number of esters is 1. The highest BCUT2D eigenvalue weighted by Gasteiger charge is 2.46. The molecule has 0 amide bonds. The molecule has 0 aromatic heterocycles. The number of carbonyl (C=O) groups excluding carboxylic acids is 1. The normalized spacial score (nSPS) is 40.3. The summed E-state index contributed by atoms with van der Waals surface area (Å²) in [5.74, 6) is -0.115. The van der Waals surface area contributed by atoms with E-state index in [1.807, 2.05) is 6.92 Å². The van der Waals surface area contributed by atoms with Crippen LogP contribution in [0, 0.1) is 0 Å². The van der Waals surface area contributed by atoms with E-state index in [0.717, 1.165) is 19.3 Å². The molecule has 2 aliphatic heterocycles.